The minimum atomic E-state index is -0.203. The number of methoxy groups -OCH3 is 1. The molecule has 0 radical (unpaired) electrons. The topological polar surface area (TPSA) is 69.0 Å². The maximum atomic E-state index is 12.4. The zero-order chi connectivity index (χ0) is 17.6. The first-order valence-electron chi connectivity index (χ1n) is 8.10. The van der Waals surface area contributed by atoms with Crippen LogP contribution in [0.1, 0.15) is 23.0 Å². The second kappa shape index (κ2) is 7.61. The Morgan fingerprint density at radius 2 is 2.04 bits per heavy atom. The van der Waals surface area contributed by atoms with Crippen molar-refractivity contribution in [2.75, 3.05) is 7.11 Å². The molecule has 1 amide bonds. The molecule has 0 aliphatic rings. The van der Waals surface area contributed by atoms with Crippen LogP contribution < -0.4 is 10.1 Å². The fraction of sp³-hybridized carbons (Fsp3) is 0.211. The highest BCUT2D eigenvalue weighted by atomic mass is 16.5. The molecule has 1 N–H and O–H groups in total. The van der Waals surface area contributed by atoms with E-state index in [9.17, 15) is 4.79 Å². The van der Waals surface area contributed by atoms with Gasteiger partial charge in [0.15, 0.2) is 5.69 Å². The number of ether oxygens (including phenoxy) is 1. The minimum Gasteiger partial charge on any atom is -0.497 e. The average Bonchev–Trinajstić information content (AvgIpc) is 3.11. The molecule has 2 heterocycles. The molecule has 6 nitrogen and oxygen atoms in total. The predicted molar refractivity (Wildman–Crippen MR) is 95.3 cm³/mol. The van der Waals surface area contributed by atoms with Gasteiger partial charge in [0, 0.05) is 31.0 Å². The maximum absolute atomic E-state index is 12.4. The van der Waals surface area contributed by atoms with Crippen molar-refractivity contribution in [3.05, 3.63) is 66.1 Å². The first-order valence-corrected chi connectivity index (χ1v) is 8.10. The Hall–Kier alpha value is -3.15. The van der Waals surface area contributed by atoms with Gasteiger partial charge in [-0.25, -0.2) is 0 Å². The van der Waals surface area contributed by atoms with Gasteiger partial charge in [-0.15, -0.1) is 0 Å². The number of nitrogens with one attached hydrogen (secondary N) is 1. The van der Waals surface area contributed by atoms with E-state index in [0.717, 1.165) is 22.6 Å². The van der Waals surface area contributed by atoms with E-state index in [4.69, 9.17) is 4.74 Å². The van der Waals surface area contributed by atoms with Gasteiger partial charge in [-0.2, -0.15) is 5.10 Å². The molecule has 0 aliphatic carbocycles. The first-order chi connectivity index (χ1) is 12.2. The van der Waals surface area contributed by atoms with Gasteiger partial charge >= 0.3 is 0 Å². The zero-order valence-corrected chi connectivity index (χ0v) is 14.3. The summed E-state index contributed by atoms with van der Waals surface area (Å²) < 4.78 is 7.01. The van der Waals surface area contributed by atoms with E-state index in [0.29, 0.717) is 18.8 Å². The van der Waals surface area contributed by atoms with Crippen LogP contribution in [0.2, 0.25) is 0 Å². The van der Waals surface area contributed by atoms with Crippen molar-refractivity contribution in [2.24, 2.45) is 0 Å². The van der Waals surface area contributed by atoms with Gasteiger partial charge in [0.1, 0.15) is 5.75 Å². The van der Waals surface area contributed by atoms with E-state index < -0.39 is 0 Å². The number of nitrogens with zero attached hydrogens (tertiary/aromatic N) is 3. The molecule has 0 aliphatic heterocycles. The van der Waals surface area contributed by atoms with Crippen molar-refractivity contribution in [2.45, 2.75) is 20.0 Å². The van der Waals surface area contributed by atoms with Crippen LogP contribution in [0.15, 0.2) is 54.9 Å². The number of amides is 1. The lowest BCUT2D eigenvalue weighted by Gasteiger charge is -2.05. The van der Waals surface area contributed by atoms with E-state index in [-0.39, 0.29) is 5.91 Å². The van der Waals surface area contributed by atoms with Crippen molar-refractivity contribution in [3.63, 3.8) is 0 Å². The second-order valence-corrected chi connectivity index (χ2v) is 5.50. The van der Waals surface area contributed by atoms with Crippen molar-refractivity contribution in [1.29, 1.82) is 0 Å². The Balaban J connectivity index is 1.78. The summed E-state index contributed by atoms with van der Waals surface area (Å²) in [6, 6.07) is 13.3. The summed E-state index contributed by atoms with van der Waals surface area (Å²) in [4.78, 5) is 16.4. The van der Waals surface area contributed by atoms with Gasteiger partial charge in [0.2, 0.25) is 0 Å². The molecule has 0 unspecified atom stereocenters. The van der Waals surface area contributed by atoms with Gasteiger partial charge in [0.25, 0.3) is 5.91 Å². The quantitative estimate of drug-likeness (QED) is 0.751. The lowest BCUT2D eigenvalue weighted by Crippen LogP contribution is -2.23. The highest BCUT2D eigenvalue weighted by Gasteiger charge is 2.15. The molecule has 0 saturated heterocycles. The second-order valence-electron chi connectivity index (χ2n) is 5.50. The Morgan fingerprint density at radius 3 is 2.68 bits per heavy atom. The molecule has 128 valence electrons. The fourth-order valence-corrected chi connectivity index (χ4v) is 2.54. The van der Waals surface area contributed by atoms with Crippen molar-refractivity contribution in [1.82, 2.24) is 20.1 Å². The highest BCUT2D eigenvalue weighted by Crippen LogP contribution is 2.23. The molecule has 3 rings (SSSR count). The molecule has 3 aromatic rings. The molecule has 0 spiro atoms. The fourth-order valence-electron chi connectivity index (χ4n) is 2.54. The molecule has 0 fully saturated rings. The monoisotopic (exact) mass is 336 g/mol. The Labute approximate surface area is 146 Å². The number of carbonyl (C=O) groups excluding carboxylic acids is 1. The maximum Gasteiger partial charge on any atom is 0.272 e. The third kappa shape index (κ3) is 3.85. The van der Waals surface area contributed by atoms with Crippen molar-refractivity contribution >= 4 is 5.91 Å². The first kappa shape index (κ1) is 16.7. The third-order valence-electron chi connectivity index (χ3n) is 3.87. The van der Waals surface area contributed by atoms with Crippen LogP contribution in [0.5, 0.6) is 5.75 Å². The molecule has 0 bridgehead atoms. The molecule has 25 heavy (non-hydrogen) atoms. The third-order valence-corrected chi connectivity index (χ3v) is 3.87. The molecular weight excluding hydrogens is 316 g/mol. The number of benzene rings is 1. The summed E-state index contributed by atoms with van der Waals surface area (Å²) >= 11 is 0. The van der Waals surface area contributed by atoms with Gasteiger partial charge in [0.05, 0.1) is 12.8 Å². The van der Waals surface area contributed by atoms with E-state index in [1.165, 1.54) is 0 Å². The van der Waals surface area contributed by atoms with Crippen LogP contribution in [0.4, 0.5) is 0 Å². The number of hydrogen-bond acceptors (Lipinski definition) is 4. The molecular formula is C19H20N4O2. The van der Waals surface area contributed by atoms with Crippen LogP contribution in [0.25, 0.3) is 11.3 Å². The lowest BCUT2D eigenvalue weighted by molar-refractivity contribution is 0.0945. The number of carbonyl (C=O) groups is 1. The van der Waals surface area contributed by atoms with Crippen molar-refractivity contribution < 1.29 is 9.53 Å². The number of aryl methyl sites for hydroxylation is 1. The Morgan fingerprint density at radius 1 is 1.24 bits per heavy atom. The number of pyridine rings is 1. The Kier molecular flexibility index (Phi) is 5.09. The van der Waals surface area contributed by atoms with Gasteiger partial charge in [-0.3, -0.25) is 14.5 Å². The lowest BCUT2D eigenvalue weighted by atomic mass is 10.1. The Bertz CT molecular complexity index is 842. The minimum absolute atomic E-state index is 0.203. The summed E-state index contributed by atoms with van der Waals surface area (Å²) in [5.74, 6) is 0.589. The van der Waals surface area contributed by atoms with E-state index >= 15 is 0 Å². The van der Waals surface area contributed by atoms with Crippen LogP contribution in [-0.4, -0.2) is 27.8 Å². The number of hydrogen-bond donors (Lipinski definition) is 1. The van der Waals surface area contributed by atoms with Crippen molar-refractivity contribution in [3.8, 4) is 17.0 Å². The predicted octanol–water partition coefficient (Wildman–Crippen LogP) is 2.90. The summed E-state index contributed by atoms with van der Waals surface area (Å²) in [6.07, 6.45) is 3.43. The summed E-state index contributed by atoms with van der Waals surface area (Å²) in [5.41, 5.74) is 3.23. The smallest absolute Gasteiger partial charge is 0.272 e. The molecule has 1 aromatic carbocycles. The van der Waals surface area contributed by atoms with Crippen LogP contribution in [0, 0.1) is 0 Å². The van der Waals surface area contributed by atoms with Gasteiger partial charge < -0.3 is 10.1 Å². The normalized spacial score (nSPS) is 10.5. The largest absolute Gasteiger partial charge is 0.497 e. The summed E-state index contributed by atoms with van der Waals surface area (Å²) in [5, 5.41) is 7.29. The standard InChI is InChI=1S/C19H20N4O2/c1-3-23-18(15-6-8-16(25-2)9-7-15)11-17(22-23)19(24)21-13-14-5-4-10-20-12-14/h4-12H,3,13H2,1-2H3,(H,21,24). The highest BCUT2D eigenvalue weighted by molar-refractivity contribution is 5.93. The SMILES string of the molecule is CCn1nc(C(=O)NCc2cccnc2)cc1-c1ccc(OC)cc1. The zero-order valence-electron chi connectivity index (χ0n) is 14.3. The number of rotatable bonds is 6. The van der Waals surface area contributed by atoms with Gasteiger partial charge in [-0.1, -0.05) is 6.07 Å². The van der Waals surface area contributed by atoms with Crippen LogP contribution in [0.3, 0.4) is 0 Å². The van der Waals surface area contributed by atoms with E-state index in [1.807, 2.05) is 54.1 Å². The number of aromatic nitrogens is 3. The van der Waals surface area contributed by atoms with Crippen LogP contribution >= 0.6 is 0 Å². The summed E-state index contributed by atoms with van der Waals surface area (Å²) in [6.45, 7) is 3.10. The molecule has 0 saturated carbocycles. The molecule has 0 atom stereocenters. The molecule has 2 aromatic heterocycles. The molecule has 6 heteroatoms. The van der Waals surface area contributed by atoms with E-state index in [1.54, 1.807) is 19.5 Å². The van der Waals surface area contributed by atoms with Crippen LogP contribution in [-0.2, 0) is 13.1 Å². The van der Waals surface area contributed by atoms with Gasteiger partial charge in [-0.05, 0) is 48.9 Å². The average molecular weight is 336 g/mol. The summed E-state index contributed by atoms with van der Waals surface area (Å²) in [7, 11) is 1.63. The van der Waals surface area contributed by atoms with E-state index in [2.05, 4.69) is 15.4 Å².